The van der Waals surface area contributed by atoms with Crippen molar-refractivity contribution in [2.45, 2.75) is 345 Å². The van der Waals surface area contributed by atoms with Gasteiger partial charge in [-0.1, -0.05) is 213 Å². The molecule has 0 spiro atoms. The third-order valence-corrected chi connectivity index (χ3v) is 16.4. The molecule has 0 aliphatic carbocycles. The SMILES string of the molecule is CCCCCCCCCCCC(=O)O[C@H](CCCCCCCCCCC)CC(=O)N[C@H]1[C@H](OC[C@H]2O[C@H](OCCCCCCCCCN)[C@H](NC(=O)C[C@H](O)CCCCCCCCCCC)[C@@H](O)[C@@H]2O)O[C@H](CO)[C@@H](OP(=O)(O)O)[C@@H]1O. The Morgan fingerprint density at radius 3 is 1.46 bits per heavy atom. The van der Waals surface area contributed by atoms with Crippen molar-refractivity contribution in [3.8, 4) is 0 Å². The highest BCUT2D eigenvalue weighted by Crippen LogP contribution is 2.41. The van der Waals surface area contributed by atoms with E-state index in [1.807, 2.05) is 0 Å². The molecule has 2 rings (SSSR count). The number of rotatable bonds is 53. The molecule has 20 nitrogen and oxygen atoms in total. The number of carbonyl (C=O) groups excluding carboxylic acids is 3. The smallest absolute Gasteiger partial charge is 0.462 e. The number of ether oxygens (including phenoxy) is 5. The number of nitrogens with one attached hydrogen (secondary N) is 2. The zero-order valence-electron chi connectivity index (χ0n) is 51.1. The van der Waals surface area contributed by atoms with Crippen molar-refractivity contribution in [3.05, 3.63) is 0 Å². The number of aliphatic hydroxyl groups is 5. The van der Waals surface area contributed by atoms with Crippen LogP contribution >= 0.6 is 7.82 Å². The van der Waals surface area contributed by atoms with Crippen LogP contribution in [0.1, 0.15) is 271 Å². The maximum Gasteiger partial charge on any atom is 0.470 e. The molecule has 0 aromatic rings. The van der Waals surface area contributed by atoms with Gasteiger partial charge in [0.15, 0.2) is 12.6 Å². The van der Waals surface area contributed by atoms with E-state index >= 15 is 0 Å². The fourth-order valence-corrected chi connectivity index (χ4v) is 11.5. The van der Waals surface area contributed by atoms with Crippen LogP contribution in [0.4, 0.5) is 0 Å². The monoisotopic (exact) mass is 1200 g/mol. The minimum atomic E-state index is -5.32. The molecule has 0 bridgehead atoms. The normalized spacial score (nSPS) is 23.8. The highest BCUT2D eigenvalue weighted by Gasteiger charge is 2.51. The van der Waals surface area contributed by atoms with E-state index in [4.69, 9.17) is 33.9 Å². The molecule has 2 saturated heterocycles. The minimum Gasteiger partial charge on any atom is -0.462 e. The molecule has 11 N–H and O–H groups in total. The van der Waals surface area contributed by atoms with Crippen molar-refractivity contribution in [3.63, 3.8) is 0 Å². The van der Waals surface area contributed by atoms with Gasteiger partial charge in [0.25, 0.3) is 0 Å². The summed E-state index contributed by atoms with van der Waals surface area (Å²) in [6.45, 7) is 5.92. The van der Waals surface area contributed by atoms with Crippen molar-refractivity contribution in [1.29, 1.82) is 0 Å². The number of phosphoric ester groups is 1. The molecule has 2 amide bonds. The van der Waals surface area contributed by atoms with Gasteiger partial charge in [-0.05, 0) is 45.1 Å². The number of carbonyl (C=O) groups is 3. The molecule has 0 aromatic carbocycles. The van der Waals surface area contributed by atoms with E-state index < -0.39 is 112 Å². The van der Waals surface area contributed by atoms with Crippen LogP contribution in [0.3, 0.4) is 0 Å². The summed E-state index contributed by atoms with van der Waals surface area (Å²) in [4.78, 5) is 60.4. The Bertz CT molecular complexity index is 1640. The number of phosphoric acid groups is 1. The zero-order chi connectivity index (χ0) is 60.2. The molecule has 0 saturated carbocycles. The lowest BCUT2D eigenvalue weighted by molar-refractivity contribution is -0.302. The van der Waals surface area contributed by atoms with Gasteiger partial charge in [-0.25, -0.2) is 4.57 Å². The fraction of sp³-hybridized carbons (Fsp3) is 0.951. The lowest BCUT2D eigenvalue weighted by Crippen LogP contribution is -2.67. The topological polar surface area (TPSA) is 315 Å². The van der Waals surface area contributed by atoms with E-state index in [9.17, 15) is 54.3 Å². The lowest BCUT2D eigenvalue weighted by Gasteiger charge is -2.45. The number of hydrogen-bond donors (Lipinski definition) is 10. The van der Waals surface area contributed by atoms with Crippen molar-refractivity contribution in [1.82, 2.24) is 10.6 Å². The van der Waals surface area contributed by atoms with E-state index in [1.54, 1.807) is 0 Å². The van der Waals surface area contributed by atoms with Gasteiger partial charge >= 0.3 is 13.8 Å². The molecule has 21 heteroatoms. The van der Waals surface area contributed by atoms with E-state index in [2.05, 4.69) is 31.4 Å². The number of nitrogens with two attached hydrogens (primary N) is 1. The average molecular weight is 1200 g/mol. The number of amides is 2. The third-order valence-electron chi connectivity index (χ3n) is 15.9. The van der Waals surface area contributed by atoms with Gasteiger partial charge in [0, 0.05) is 13.0 Å². The molecule has 2 heterocycles. The molecule has 0 unspecified atom stereocenters. The number of aliphatic hydroxyl groups excluding tert-OH is 5. The van der Waals surface area contributed by atoms with E-state index in [1.165, 1.54) is 89.9 Å². The molecule has 2 aliphatic rings. The molecular weight excluding hydrogens is 1080 g/mol. The average Bonchev–Trinajstić information content (AvgIpc) is 3.31. The minimum absolute atomic E-state index is 0.178. The molecule has 82 heavy (non-hydrogen) atoms. The van der Waals surface area contributed by atoms with E-state index in [-0.39, 0.29) is 25.9 Å². The van der Waals surface area contributed by atoms with Gasteiger partial charge in [-0.2, -0.15) is 0 Å². The van der Waals surface area contributed by atoms with Gasteiger partial charge in [-0.3, -0.25) is 18.9 Å². The first-order chi connectivity index (χ1) is 39.6. The van der Waals surface area contributed by atoms with Gasteiger partial charge in [0.2, 0.25) is 11.8 Å². The summed E-state index contributed by atoms with van der Waals surface area (Å²) in [7, 11) is -5.32. The maximum atomic E-state index is 14.1. The van der Waals surface area contributed by atoms with Crippen molar-refractivity contribution in [2.24, 2.45) is 5.73 Å². The number of hydrogen-bond acceptors (Lipinski definition) is 16. The van der Waals surface area contributed by atoms with Crippen LogP contribution in [-0.4, -0.2) is 153 Å². The summed E-state index contributed by atoms with van der Waals surface area (Å²) in [5.74, 6) is -1.70. The summed E-state index contributed by atoms with van der Waals surface area (Å²) in [5, 5.41) is 61.4. The Morgan fingerprint density at radius 2 is 0.963 bits per heavy atom. The van der Waals surface area contributed by atoms with Crippen molar-refractivity contribution >= 4 is 25.6 Å². The first-order valence-corrected chi connectivity index (χ1v) is 34.2. The molecule has 2 fully saturated rings. The van der Waals surface area contributed by atoms with E-state index in [0.29, 0.717) is 38.6 Å². The summed E-state index contributed by atoms with van der Waals surface area (Å²) in [6.07, 6.45) is 21.4. The third kappa shape index (κ3) is 35.7. The van der Waals surface area contributed by atoms with Crippen LogP contribution in [0.25, 0.3) is 0 Å². The van der Waals surface area contributed by atoms with Gasteiger partial charge in [0.1, 0.15) is 54.8 Å². The first-order valence-electron chi connectivity index (χ1n) is 32.7. The van der Waals surface area contributed by atoms with Crippen LogP contribution in [0, 0.1) is 0 Å². The molecule has 12 atom stereocenters. The molecule has 0 radical (unpaired) electrons. The second-order valence-electron chi connectivity index (χ2n) is 23.4. The quantitative estimate of drug-likeness (QED) is 0.0154. The van der Waals surface area contributed by atoms with E-state index in [0.717, 1.165) is 109 Å². The Hall–Kier alpha value is -1.88. The molecule has 484 valence electrons. The number of esters is 1. The Balaban J connectivity index is 2.25. The fourth-order valence-electron chi connectivity index (χ4n) is 10.9. The van der Waals surface area contributed by atoms with Crippen molar-refractivity contribution in [2.75, 3.05) is 26.4 Å². The predicted molar refractivity (Wildman–Crippen MR) is 317 cm³/mol. The van der Waals surface area contributed by atoms with Crippen molar-refractivity contribution < 1.29 is 82.5 Å². The first kappa shape index (κ1) is 76.2. The highest BCUT2D eigenvalue weighted by molar-refractivity contribution is 7.46. The second kappa shape index (κ2) is 48.2. The second-order valence-corrected chi connectivity index (χ2v) is 24.6. The number of unbranched alkanes of at least 4 members (excludes halogenated alkanes) is 30. The molecular formula is C61H118N3O17P. The van der Waals surface area contributed by atoms with Gasteiger partial charge < -0.3 is 75.4 Å². The Kier molecular flexibility index (Phi) is 44.8. The highest BCUT2D eigenvalue weighted by atomic mass is 31.2. The molecule has 2 aliphatic heterocycles. The molecule has 0 aromatic heterocycles. The summed E-state index contributed by atoms with van der Waals surface area (Å²) in [6, 6.07) is -2.87. The Morgan fingerprint density at radius 1 is 0.537 bits per heavy atom. The summed E-state index contributed by atoms with van der Waals surface area (Å²) >= 11 is 0. The van der Waals surface area contributed by atoms with Crippen LogP contribution in [0.5, 0.6) is 0 Å². The van der Waals surface area contributed by atoms with Crippen LogP contribution < -0.4 is 16.4 Å². The Labute approximate surface area is 493 Å². The lowest BCUT2D eigenvalue weighted by atomic mass is 9.95. The zero-order valence-corrected chi connectivity index (χ0v) is 52.0. The van der Waals surface area contributed by atoms with Crippen LogP contribution in [0.15, 0.2) is 0 Å². The predicted octanol–water partition coefficient (Wildman–Crippen LogP) is 9.50. The van der Waals surface area contributed by atoms with Gasteiger partial charge in [-0.15, -0.1) is 0 Å². The maximum absolute atomic E-state index is 14.1. The van der Waals surface area contributed by atoms with Crippen LogP contribution in [-0.2, 0) is 47.2 Å². The standard InChI is InChI=1S/C61H118N3O17P/c1-4-7-10-13-16-19-23-28-33-38-47(66)43-51(67)63-54-57(71)56(70)50(80-60(54)76-42-37-32-27-22-26-31-36-41-62)46-77-61-55(58(72)59(49(45-65)79-61)81-82(73,74)75)64-52(68)44-48(39-34-29-24-20-17-14-11-8-5-2)78-53(69)40-35-30-25-21-18-15-12-9-6-3/h47-50,54-61,65-66,70-72H,4-46,62H2,1-3H3,(H,63,67)(H,64,68)(H2,73,74,75)/t47-,48-,49-,50-,54-,55-,56-,57-,58-,59-,60+,61-/m1/s1. The van der Waals surface area contributed by atoms with Crippen LogP contribution in [0.2, 0.25) is 0 Å². The van der Waals surface area contributed by atoms with Gasteiger partial charge in [0.05, 0.1) is 32.2 Å². The summed E-state index contributed by atoms with van der Waals surface area (Å²) < 4.78 is 47.4. The summed E-state index contributed by atoms with van der Waals surface area (Å²) in [5.41, 5.74) is 5.64. The largest absolute Gasteiger partial charge is 0.470 e.